The summed E-state index contributed by atoms with van der Waals surface area (Å²) in [5.41, 5.74) is 1.05. The van der Waals surface area contributed by atoms with Crippen molar-refractivity contribution in [1.82, 2.24) is 15.2 Å². The van der Waals surface area contributed by atoms with E-state index in [0.717, 1.165) is 0 Å². The Hall–Kier alpha value is -2.70. The van der Waals surface area contributed by atoms with Gasteiger partial charge in [-0.05, 0) is 32.4 Å². The first-order valence-electron chi connectivity index (χ1n) is 6.39. The molecule has 0 aliphatic heterocycles. The summed E-state index contributed by atoms with van der Waals surface area (Å²) in [5.74, 6) is 0.0141. The second kappa shape index (κ2) is 6.17. The van der Waals surface area contributed by atoms with Gasteiger partial charge < -0.3 is 9.47 Å². The third kappa shape index (κ3) is 3.44. The molecule has 2 rings (SSSR count). The first-order chi connectivity index (χ1) is 10.0. The van der Waals surface area contributed by atoms with Crippen molar-refractivity contribution in [2.45, 2.75) is 20.8 Å². The number of nitrogens with zero attached hydrogens (tertiary/aromatic N) is 2. The van der Waals surface area contributed by atoms with Crippen LogP contribution in [0.25, 0.3) is 0 Å². The standard InChI is InChI=1S/C14H15N3O4/c1-4-20-14(19)10-5-8(2)12(7-15-10)21-11-6-9(3)16-17-13(11)18/h5-7H,4H2,1-3H3,(H,17,18). The van der Waals surface area contributed by atoms with E-state index in [2.05, 4.69) is 15.2 Å². The lowest BCUT2D eigenvalue weighted by Gasteiger charge is -2.09. The Morgan fingerprint density at radius 1 is 1.29 bits per heavy atom. The zero-order valence-electron chi connectivity index (χ0n) is 12.0. The maximum atomic E-state index is 11.6. The topological polar surface area (TPSA) is 94.2 Å². The normalized spacial score (nSPS) is 10.2. The van der Waals surface area contributed by atoms with Gasteiger partial charge in [0, 0.05) is 6.07 Å². The molecule has 7 heteroatoms. The summed E-state index contributed by atoms with van der Waals surface area (Å²) in [6.45, 7) is 5.49. The second-order valence-corrected chi connectivity index (χ2v) is 4.36. The number of H-pyrrole nitrogens is 1. The number of pyridine rings is 1. The molecule has 0 saturated heterocycles. The molecule has 110 valence electrons. The van der Waals surface area contributed by atoms with E-state index < -0.39 is 11.5 Å². The van der Waals surface area contributed by atoms with Crippen LogP contribution in [0.5, 0.6) is 11.5 Å². The molecule has 0 aromatic carbocycles. The van der Waals surface area contributed by atoms with Gasteiger partial charge in [-0.2, -0.15) is 5.10 Å². The Balaban J connectivity index is 2.27. The molecule has 0 radical (unpaired) electrons. The highest BCUT2D eigenvalue weighted by Crippen LogP contribution is 2.22. The van der Waals surface area contributed by atoms with Crippen LogP contribution >= 0.6 is 0 Å². The Labute approximate surface area is 120 Å². The van der Waals surface area contributed by atoms with Crippen molar-refractivity contribution in [3.8, 4) is 11.5 Å². The van der Waals surface area contributed by atoms with Crippen LogP contribution in [0.2, 0.25) is 0 Å². The first-order valence-corrected chi connectivity index (χ1v) is 6.39. The predicted octanol–water partition coefficient (Wildman–Crippen LogP) is 1.75. The Kier molecular flexibility index (Phi) is 4.32. The summed E-state index contributed by atoms with van der Waals surface area (Å²) < 4.78 is 10.4. The summed E-state index contributed by atoms with van der Waals surface area (Å²) in [6.07, 6.45) is 1.39. The largest absolute Gasteiger partial charge is 0.461 e. The van der Waals surface area contributed by atoms with Crippen LogP contribution in [-0.4, -0.2) is 27.8 Å². The molecule has 0 spiro atoms. The smallest absolute Gasteiger partial charge is 0.356 e. The lowest BCUT2D eigenvalue weighted by Crippen LogP contribution is -2.12. The maximum absolute atomic E-state index is 11.6. The first kappa shape index (κ1) is 14.7. The number of esters is 1. The predicted molar refractivity (Wildman–Crippen MR) is 74.6 cm³/mol. The zero-order chi connectivity index (χ0) is 15.4. The minimum atomic E-state index is -0.496. The fourth-order valence-corrected chi connectivity index (χ4v) is 1.64. The molecule has 0 bridgehead atoms. The van der Waals surface area contributed by atoms with Gasteiger partial charge in [0.15, 0.2) is 5.75 Å². The minimum Gasteiger partial charge on any atom is -0.461 e. The molecule has 0 saturated carbocycles. The molecule has 21 heavy (non-hydrogen) atoms. The molecule has 7 nitrogen and oxygen atoms in total. The van der Waals surface area contributed by atoms with Gasteiger partial charge in [-0.15, -0.1) is 0 Å². The van der Waals surface area contributed by atoms with E-state index in [4.69, 9.17) is 9.47 Å². The highest BCUT2D eigenvalue weighted by molar-refractivity contribution is 5.87. The number of ether oxygens (including phenoxy) is 2. The number of aryl methyl sites for hydroxylation is 2. The van der Waals surface area contributed by atoms with Gasteiger partial charge >= 0.3 is 11.5 Å². The van der Waals surface area contributed by atoms with Gasteiger partial charge in [0.2, 0.25) is 0 Å². The SMILES string of the molecule is CCOC(=O)c1cc(C)c(Oc2cc(C)n[nH]c2=O)cn1. The van der Waals surface area contributed by atoms with Gasteiger partial charge in [-0.25, -0.2) is 14.9 Å². The quantitative estimate of drug-likeness (QED) is 0.862. The second-order valence-electron chi connectivity index (χ2n) is 4.36. The van der Waals surface area contributed by atoms with Crippen molar-refractivity contribution in [2.75, 3.05) is 6.61 Å². The molecular weight excluding hydrogens is 274 g/mol. The summed E-state index contributed by atoms with van der Waals surface area (Å²) >= 11 is 0. The van der Waals surface area contributed by atoms with E-state index in [0.29, 0.717) is 17.0 Å². The van der Waals surface area contributed by atoms with E-state index in [9.17, 15) is 9.59 Å². The lowest BCUT2D eigenvalue weighted by molar-refractivity contribution is 0.0519. The van der Waals surface area contributed by atoms with Crippen LogP contribution in [0, 0.1) is 13.8 Å². The van der Waals surface area contributed by atoms with E-state index >= 15 is 0 Å². The van der Waals surface area contributed by atoms with Crippen molar-refractivity contribution in [3.05, 3.63) is 45.6 Å². The molecule has 0 unspecified atom stereocenters. The Morgan fingerprint density at radius 3 is 2.71 bits per heavy atom. The number of carbonyl (C=O) groups is 1. The van der Waals surface area contributed by atoms with Crippen LogP contribution < -0.4 is 10.3 Å². The summed E-state index contributed by atoms with van der Waals surface area (Å²) in [7, 11) is 0. The Bertz CT molecular complexity index is 724. The Morgan fingerprint density at radius 2 is 2.05 bits per heavy atom. The van der Waals surface area contributed by atoms with Crippen LogP contribution in [0.15, 0.2) is 23.1 Å². The summed E-state index contributed by atoms with van der Waals surface area (Å²) in [5, 5.41) is 6.10. The number of nitrogens with one attached hydrogen (secondary N) is 1. The molecule has 0 fully saturated rings. The number of carbonyl (C=O) groups excluding carboxylic acids is 1. The number of aromatic nitrogens is 3. The van der Waals surface area contributed by atoms with E-state index in [-0.39, 0.29) is 18.1 Å². The molecule has 2 heterocycles. The third-order valence-corrected chi connectivity index (χ3v) is 2.66. The molecular formula is C14H15N3O4. The van der Waals surface area contributed by atoms with Gasteiger partial charge in [0.1, 0.15) is 11.4 Å². The fourth-order valence-electron chi connectivity index (χ4n) is 1.64. The van der Waals surface area contributed by atoms with Crippen molar-refractivity contribution in [3.63, 3.8) is 0 Å². The summed E-state index contributed by atoms with van der Waals surface area (Å²) in [4.78, 5) is 27.2. The van der Waals surface area contributed by atoms with Crippen LogP contribution in [0.1, 0.15) is 28.7 Å². The molecule has 1 N–H and O–H groups in total. The van der Waals surface area contributed by atoms with Crippen LogP contribution in [0.4, 0.5) is 0 Å². The van der Waals surface area contributed by atoms with E-state index in [1.807, 2.05) is 0 Å². The number of hydrogen-bond donors (Lipinski definition) is 1. The monoisotopic (exact) mass is 289 g/mol. The fraction of sp³-hybridized carbons (Fsp3) is 0.286. The van der Waals surface area contributed by atoms with Gasteiger partial charge in [0.05, 0.1) is 18.5 Å². The van der Waals surface area contributed by atoms with E-state index in [1.54, 1.807) is 26.8 Å². The molecule has 0 aliphatic rings. The molecule has 2 aromatic rings. The number of rotatable bonds is 4. The maximum Gasteiger partial charge on any atom is 0.356 e. The van der Waals surface area contributed by atoms with Crippen LogP contribution in [0.3, 0.4) is 0 Å². The lowest BCUT2D eigenvalue weighted by atomic mass is 10.2. The molecule has 0 aliphatic carbocycles. The van der Waals surface area contributed by atoms with Gasteiger partial charge in [0.25, 0.3) is 0 Å². The van der Waals surface area contributed by atoms with Gasteiger partial charge in [-0.3, -0.25) is 4.79 Å². The summed E-state index contributed by atoms with van der Waals surface area (Å²) in [6, 6.07) is 3.08. The highest BCUT2D eigenvalue weighted by atomic mass is 16.5. The molecule has 0 amide bonds. The zero-order valence-corrected chi connectivity index (χ0v) is 12.0. The van der Waals surface area contributed by atoms with Crippen molar-refractivity contribution in [2.24, 2.45) is 0 Å². The van der Waals surface area contributed by atoms with Crippen molar-refractivity contribution >= 4 is 5.97 Å². The van der Waals surface area contributed by atoms with E-state index in [1.165, 1.54) is 12.3 Å². The minimum absolute atomic E-state index is 0.122. The number of aromatic amines is 1. The third-order valence-electron chi connectivity index (χ3n) is 2.66. The van der Waals surface area contributed by atoms with Crippen LogP contribution in [-0.2, 0) is 4.74 Å². The molecule has 0 atom stereocenters. The average Bonchev–Trinajstić information content (AvgIpc) is 2.45. The van der Waals surface area contributed by atoms with Crippen molar-refractivity contribution < 1.29 is 14.3 Å². The highest BCUT2D eigenvalue weighted by Gasteiger charge is 2.12. The number of hydrogen-bond acceptors (Lipinski definition) is 6. The van der Waals surface area contributed by atoms with Gasteiger partial charge in [-0.1, -0.05) is 0 Å². The average molecular weight is 289 g/mol. The van der Waals surface area contributed by atoms with Crippen molar-refractivity contribution in [1.29, 1.82) is 0 Å². The molecule has 2 aromatic heterocycles.